The van der Waals surface area contributed by atoms with Gasteiger partial charge in [-0.3, -0.25) is 4.90 Å². The number of aromatic hydroxyl groups is 1. The number of benzene rings is 1. The number of rotatable bonds is 5. The highest BCUT2D eigenvalue weighted by Gasteiger charge is 2.14. The van der Waals surface area contributed by atoms with Crippen LogP contribution >= 0.6 is 11.8 Å². The SMILES string of the molecule is Oc1ccccc1SCC(O)CN1CCNCC1. The van der Waals surface area contributed by atoms with Gasteiger partial charge in [-0.05, 0) is 12.1 Å². The van der Waals surface area contributed by atoms with Gasteiger partial charge in [0.15, 0.2) is 0 Å². The van der Waals surface area contributed by atoms with E-state index in [4.69, 9.17) is 0 Å². The van der Waals surface area contributed by atoms with Crippen molar-refractivity contribution in [2.75, 3.05) is 38.5 Å². The Balaban J connectivity index is 1.74. The third-order valence-electron chi connectivity index (χ3n) is 2.98. The predicted molar refractivity (Wildman–Crippen MR) is 74.1 cm³/mol. The van der Waals surface area contributed by atoms with E-state index < -0.39 is 0 Å². The molecule has 0 spiro atoms. The standard InChI is InChI=1S/C13H20N2O2S/c16-11(9-15-7-5-14-6-8-15)10-18-13-4-2-1-3-12(13)17/h1-4,11,14,16-17H,5-10H2. The van der Waals surface area contributed by atoms with Crippen molar-refractivity contribution in [1.29, 1.82) is 0 Å². The van der Waals surface area contributed by atoms with Gasteiger partial charge in [-0.1, -0.05) is 12.1 Å². The normalized spacial score (nSPS) is 18.7. The third-order valence-corrected chi connectivity index (χ3v) is 4.18. The maximum absolute atomic E-state index is 9.99. The number of piperazine rings is 1. The minimum absolute atomic E-state index is 0.289. The Hall–Kier alpha value is -0.750. The number of para-hydroxylation sites is 1. The van der Waals surface area contributed by atoms with E-state index in [1.54, 1.807) is 12.1 Å². The zero-order valence-corrected chi connectivity index (χ0v) is 11.2. The van der Waals surface area contributed by atoms with Gasteiger partial charge in [-0.15, -0.1) is 11.8 Å². The van der Waals surface area contributed by atoms with Crippen LogP contribution in [0.3, 0.4) is 0 Å². The first-order chi connectivity index (χ1) is 8.75. The first-order valence-electron chi connectivity index (χ1n) is 6.27. The topological polar surface area (TPSA) is 55.7 Å². The molecular formula is C13H20N2O2S. The van der Waals surface area contributed by atoms with Crippen LogP contribution in [0, 0.1) is 0 Å². The van der Waals surface area contributed by atoms with E-state index >= 15 is 0 Å². The van der Waals surface area contributed by atoms with Gasteiger partial charge in [0.1, 0.15) is 5.75 Å². The second kappa shape index (κ2) is 6.99. The molecule has 5 heteroatoms. The molecule has 1 heterocycles. The van der Waals surface area contributed by atoms with Crippen molar-refractivity contribution in [2.45, 2.75) is 11.0 Å². The number of hydrogen-bond donors (Lipinski definition) is 3. The van der Waals surface area contributed by atoms with Gasteiger partial charge in [-0.25, -0.2) is 0 Å². The van der Waals surface area contributed by atoms with Crippen molar-refractivity contribution < 1.29 is 10.2 Å². The van der Waals surface area contributed by atoms with Crippen molar-refractivity contribution in [3.63, 3.8) is 0 Å². The molecule has 1 aliphatic rings. The largest absolute Gasteiger partial charge is 0.507 e. The van der Waals surface area contributed by atoms with Crippen LogP contribution in [-0.2, 0) is 0 Å². The number of thioether (sulfide) groups is 1. The Morgan fingerprint density at radius 1 is 1.28 bits per heavy atom. The summed E-state index contributed by atoms with van der Waals surface area (Å²) in [6.07, 6.45) is -0.354. The zero-order valence-electron chi connectivity index (χ0n) is 10.4. The Bertz CT molecular complexity index is 370. The Morgan fingerprint density at radius 3 is 2.72 bits per heavy atom. The molecule has 1 aromatic rings. The molecule has 0 radical (unpaired) electrons. The van der Waals surface area contributed by atoms with E-state index in [0.717, 1.165) is 31.1 Å². The lowest BCUT2D eigenvalue weighted by Gasteiger charge is -2.28. The summed E-state index contributed by atoms with van der Waals surface area (Å²) in [6, 6.07) is 7.24. The number of aliphatic hydroxyl groups is 1. The maximum atomic E-state index is 9.99. The minimum Gasteiger partial charge on any atom is -0.507 e. The number of phenolic OH excluding ortho intramolecular Hbond substituents is 1. The van der Waals surface area contributed by atoms with Crippen LogP contribution in [0.15, 0.2) is 29.2 Å². The van der Waals surface area contributed by atoms with E-state index in [1.807, 2.05) is 12.1 Å². The van der Waals surface area contributed by atoms with Crippen molar-refractivity contribution >= 4 is 11.8 Å². The van der Waals surface area contributed by atoms with E-state index in [0.29, 0.717) is 12.3 Å². The Kier molecular flexibility index (Phi) is 5.31. The maximum Gasteiger partial charge on any atom is 0.129 e. The van der Waals surface area contributed by atoms with Crippen LogP contribution in [0.25, 0.3) is 0 Å². The fraction of sp³-hybridized carbons (Fsp3) is 0.538. The molecule has 1 fully saturated rings. The van der Waals surface area contributed by atoms with Crippen LogP contribution in [0.5, 0.6) is 5.75 Å². The number of phenols is 1. The smallest absolute Gasteiger partial charge is 0.129 e. The predicted octanol–water partition coefficient (Wildman–Crippen LogP) is 0.750. The third kappa shape index (κ3) is 4.17. The van der Waals surface area contributed by atoms with Crippen LogP contribution in [0.4, 0.5) is 0 Å². The average Bonchev–Trinajstić information content (AvgIpc) is 2.39. The van der Waals surface area contributed by atoms with Gasteiger partial charge in [0.2, 0.25) is 0 Å². The van der Waals surface area contributed by atoms with Gasteiger partial charge < -0.3 is 15.5 Å². The fourth-order valence-electron chi connectivity index (χ4n) is 2.01. The number of aliphatic hydroxyl groups excluding tert-OH is 1. The summed E-state index contributed by atoms with van der Waals surface area (Å²) in [5.74, 6) is 0.901. The molecule has 2 rings (SSSR count). The average molecular weight is 268 g/mol. The molecule has 100 valence electrons. The van der Waals surface area contributed by atoms with Crippen LogP contribution < -0.4 is 5.32 Å². The molecule has 3 N–H and O–H groups in total. The molecule has 0 saturated carbocycles. The molecule has 4 nitrogen and oxygen atoms in total. The zero-order chi connectivity index (χ0) is 12.8. The second-order valence-electron chi connectivity index (χ2n) is 4.48. The van der Waals surface area contributed by atoms with Crippen molar-refractivity contribution in [1.82, 2.24) is 10.2 Å². The number of β-amino-alcohol motifs (C(OH)–C–C–N with tert-alkyl or cyclic N) is 1. The van der Waals surface area contributed by atoms with Gasteiger partial charge in [0.05, 0.1) is 6.10 Å². The summed E-state index contributed by atoms with van der Waals surface area (Å²) in [5.41, 5.74) is 0. The van der Waals surface area contributed by atoms with Gasteiger partial charge in [0.25, 0.3) is 0 Å². The molecule has 0 bridgehead atoms. The monoisotopic (exact) mass is 268 g/mol. The van der Waals surface area contributed by atoms with Crippen LogP contribution in [-0.4, -0.2) is 59.7 Å². The summed E-state index contributed by atoms with van der Waals surface area (Å²) in [5, 5.41) is 22.9. The Morgan fingerprint density at radius 2 is 2.00 bits per heavy atom. The minimum atomic E-state index is -0.354. The van der Waals surface area contributed by atoms with E-state index in [-0.39, 0.29) is 11.9 Å². The second-order valence-corrected chi connectivity index (χ2v) is 5.54. The summed E-state index contributed by atoms with van der Waals surface area (Å²) < 4.78 is 0. The summed E-state index contributed by atoms with van der Waals surface area (Å²) in [7, 11) is 0. The molecule has 1 aliphatic heterocycles. The first kappa shape index (κ1) is 13.7. The highest BCUT2D eigenvalue weighted by Crippen LogP contribution is 2.28. The Labute approximate surface area is 112 Å². The number of hydrogen-bond acceptors (Lipinski definition) is 5. The molecule has 1 atom stereocenters. The molecule has 0 aromatic heterocycles. The number of nitrogens with one attached hydrogen (secondary N) is 1. The highest BCUT2D eigenvalue weighted by molar-refractivity contribution is 7.99. The van der Waals surface area contributed by atoms with E-state index in [9.17, 15) is 10.2 Å². The lowest BCUT2D eigenvalue weighted by atomic mass is 10.3. The van der Waals surface area contributed by atoms with Crippen LogP contribution in [0.2, 0.25) is 0 Å². The molecule has 18 heavy (non-hydrogen) atoms. The molecule has 1 aromatic carbocycles. The van der Waals surface area contributed by atoms with Gasteiger partial charge in [-0.2, -0.15) is 0 Å². The molecule has 0 amide bonds. The van der Waals surface area contributed by atoms with Gasteiger partial charge in [0, 0.05) is 43.4 Å². The van der Waals surface area contributed by atoms with E-state index in [1.165, 1.54) is 11.8 Å². The first-order valence-corrected chi connectivity index (χ1v) is 7.26. The van der Waals surface area contributed by atoms with Crippen LogP contribution in [0.1, 0.15) is 0 Å². The summed E-state index contributed by atoms with van der Waals surface area (Å²) in [4.78, 5) is 3.10. The van der Waals surface area contributed by atoms with Crippen molar-refractivity contribution in [2.24, 2.45) is 0 Å². The number of nitrogens with zero attached hydrogens (tertiary/aromatic N) is 1. The molecule has 0 aliphatic carbocycles. The molecule has 1 saturated heterocycles. The van der Waals surface area contributed by atoms with Crippen molar-refractivity contribution in [3.8, 4) is 5.75 Å². The summed E-state index contributed by atoms with van der Waals surface area (Å²) >= 11 is 1.50. The summed E-state index contributed by atoms with van der Waals surface area (Å²) in [6.45, 7) is 4.71. The lowest BCUT2D eigenvalue weighted by Crippen LogP contribution is -2.46. The quantitative estimate of drug-likeness (QED) is 0.688. The molecule has 1 unspecified atom stereocenters. The molecular weight excluding hydrogens is 248 g/mol. The fourth-order valence-corrected chi connectivity index (χ4v) is 2.88. The van der Waals surface area contributed by atoms with Gasteiger partial charge >= 0.3 is 0 Å². The van der Waals surface area contributed by atoms with Crippen molar-refractivity contribution in [3.05, 3.63) is 24.3 Å². The van der Waals surface area contributed by atoms with E-state index in [2.05, 4.69) is 10.2 Å². The highest BCUT2D eigenvalue weighted by atomic mass is 32.2. The lowest BCUT2D eigenvalue weighted by molar-refractivity contribution is 0.121.